The fourth-order valence-corrected chi connectivity index (χ4v) is 2.16. The average Bonchev–Trinajstić information content (AvgIpc) is 2.63. The monoisotopic (exact) mass is 362 g/mol. The Morgan fingerprint density at radius 1 is 1.23 bits per heavy atom. The number of hydrogen-bond donors (Lipinski definition) is 1. The van der Waals surface area contributed by atoms with Gasteiger partial charge in [-0.05, 0) is 6.07 Å². The Morgan fingerprint density at radius 3 is 2.50 bits per heavy atom. The van der Waals surface area contributed by atoms with E-state index in [-0.39, 0.29) is 17.1 Å². The molecule has 0 fully saturated rings. The number of ketones is 1. The van der Waals surface area contributed by atoms with Crippen LogP contribution in [0.15, 0.2) is 33.9 Å². The summed E-state index contributed by atoms with van der Waals surface area (Å²) in [4.78, 5) is 58.0. The number of nitrogens with zero attached hydrogens (tertiary/aromatic N) is 3. The van der Waals surface area contributed by atoms with Crippen molar-refractivity contribution in [2.75, 3.05) is 12.3 Å². The van der Waals surface area contributed by atoms with Crippen LogP contribution < -0.4 is 17.0 Å². The molecule has 0 saturated carbocycles. The minimum atomic E-state index is -0.984. The minimum absolute atomic E-state index is 0.131. The Kier molecular flexibility index (Phi) is 5.01. The number of nitrogens with two attached hydrogens (primary N) is 1. The first-order valence-corrected chi connectivity index (χ1v) is 7.15. The molecule has 2 aromatic rings. The Balaban J connectivity index is 2.24. The van der Waals surface area contributed by atoms with Gasteiger partial charge in [0.05, 0.1) is 10.5 Å². The molecule has 0 bridgehead atoms. The molecule has 0 spiro atoms. The highest BCUT2D eigenvalue weighted by molar-refractivity contribution is 6.02. The smallest absolute Gasteiger partial charge is 0.338 e. The first-order chi connectivity index (χ1) is 12.1. The van der Waals surface area contributed by atoms with Crippen molar-refractivity contribution in [2.24, 2.45) is 14.1 Å². The van der Waals surface area contributed by atoms with Gasteiger partial charge in [-0.3, -0.25) is 28.8 Å². The van der Waals surface area contributed by atoms with Crippen LogP contribution in [-0.4, -0.2) is 32.4 Å². The number of rotatable bonds is 5. The highest BCUT2D eigenvalue weighted by Gasteiger charge is 2.22. The zero-order valence-electron chi connectivity index (χ0n) is 13.8. The summed E-state index contributed by atoms with van der Waals surface area (Å²) >= 11 is 0. The molecule has 2 rings (SSSR count). The van der Waals surface area contributed by atoms with E-state index in [0.717, 1.165) is 10.6 Å². The highest BCUT2D eigenvalue weighted by Crippen LogP contribution is 2.14. The van der Waals surface area contributed by atoms with Crippen LogP contribution >= 0.6 is 0 Å². The largest absolute Gasteiger partial charge is 0.454 e. The number of nitrogen functional groups attached to an aromatic ring is 1. The molecular weight excluding hydrogens is 348 g/mol. The van der Waals surface area contributed by atoms with Gasteiger partial charge < -0.3 is 10.5 Å². The molecule has 0 unspecified atom stereocenters. The second kappa shape index (κ2) is 7.01. The Labute approximate surface area is 145 Å². The molecule has 1 aromatic carbocycles. The van der Waals surface area contributed by atoms with E-state index in [1.807, 2.05) is 0 Å². The Morgan fingerprint density at radius 2 is 1.88 bits per heavy atom. The molecule has 1 heterocycles. The SMILES string of the molecule is Cn1c(N)c(C(=O)COC(=O)c2cccc([N+](=O)[O-])c2)c(=O)n(C)c1=O. The lowest BCUT2D eigenvalue weighted by atomic mass is 10.2. The minimum Gasteiger partial charge on any atom is -0.454 e. The van der Waals surface area contributed by atoms with Gasteiger partial charge in [-0.2, -0.15) is 0 Å². The summed E-state index contributed by atoms with van der Waals surface area (Å²) in [6.45, 7) is -0.820. The predicted octanol–water partition coefficient (Wildman–Crippen LogP) is -0.386. The van der Waals surface area contributed by atoms with Crippen LogP contribution in [0, 0.1) is 10.1 Å². The number of ether oxygens (including phenoxy) is 1. The molecule has 0 aliphatic rings. The fraction of sp³-hybridized carbons (Fsp3) is 0.200. The van der Waals surface area contributed by atoms with Crippen molar-refractivity contribution in [1.82, 2.24) is 9.13 Å². The first kappa shape index (κ1) is 18.6. The number of anilines is 1. The molecule has 0 aliphatic carbocycles. The molecule has 0 aliphatic heterocycles. The second-order valence-electron chi connectivity index (χ2n) is 5.27. The van der Waals surface area contributed by atoms with Gasteiger partial charge in [0, 0.05) is 26.2 Å². The van der Waals surface area contributed by atoms with Gasteiger partial charge in [0.1, 0.15) is 11.4 Å². The van der Waals surface area contributed by atoms with Crippen molar-refractivity contribution in [3.05, 3.63) is 66.3 Å². The zero-order chi connectivity index (χ0) is 19.6. The van der Waals surface area contributed by atoms with Crippen LogP contribution in [0.1, 0.15) is 20.7 Å². The molecular formula is C15H14N4O7. The average molecular weight is 362 g/mol. The van der Waals surface area contributed by atoms with Gasteiger partial charge in [0.15, 0.2) is 6.61 Å². The van der Waals surface area contributed by atoms with Crippen LogP contribution in [0.5, 0.6) is 0 Å². The van der Waals surface area contributed by atoms with E-state index < -0.39 is 40.1 Å². The van der Waals surface area contributed by atoms with Crippen LogP contribution in [0.2, 0.25) is 0 Å². The standard InChI is InChI=1S/C15H14N4O7/c1-17-12(16)11(13(21)18(2)15(17)23)10(20)7-26-14(22)8-4-3-5-9(6-8)19(24)25/h3-6H,7,16H2,1-2H3. The maximum Gasteiger partial charge on any atom is 0.338 e. The Hall–Kier alpha value is -3.76. The molecule has 0 saturated heterocycles. The first-order valence-electron chi connectivity index (χ1n) is 7.15. The maximum atomic E-state index is 12.2. The van der Waals surface area contributed by atoms with E-state index in [4.69, 9.17) is 10.5 Å². The van der Waals surface area contributed by atoms with E-state index in [1.54, 1.807) is 0 Å². The molecule has 1 aromatic heterocycles. The number of nitro benzene ring substituents is 1. The van der Waals surface area contributed by atoms with Gasteiger partial charge in [-0.15, -0.1) is 0 Å². The van der Waals surface area contributed by atoms with Crippen LogP contribution in [0.25, 0.3) is 0 Å². The number of hydrogen-bond acceptors (Lipinski definition) is 8. The van der Waals surface area contributed by atoms with Crippen LogP contribution in [0.3, 0.4) is 0 Å². The molecule has 0 amide bonds. The lowest BCUT2D eigenvalue weighted by Crippen LogP contribution is -2.42. The maximum absolute atomic E-state index is 12.2. The molecule has 11 nitrogen and oxygen atoms in total. The summed E-state index contributed by atoms with van der Waals surface area (Å²) in [5.41, 5.74) is 3.08. The topological polar surface area (TPSA) is 157 Å². The van der Waals surface area contributed by atoms with E-state index >= 15 is 0 Å². The van der Waals surface area contributed by atoms with Gasteiger partial charge in [-0.25, -0.2) is 9.59 Å². The third kappa shape index (κ3) is 3.36. The van der Waals surface area contributed by atoms with Crippen molar-refractivity contribution < 1.29 is 19.2 Å². The van der Waals surface area contributed by atoms with Crippen molar-refractivity contribution in [3.63, 3.8) is 0 Å². The van der Waals surface area contributed by atoms with Crippen molar-refractivity contribution in [3.8, 4) is 0 Å². The van der Waals surface area contributed by atoms with Crippen molar-refractivity contribution in [1.29, 1.82) is 0 Å². The number of carbonyl (C=O) groups is 2. The van der Waals surface area contributed by atoms with E-state index in [1.165, 1.54) is 32.3 Å². The van der Waals surface area contributed by atoms with E-state index in [0.29, 0.717) is 4.57 Å². The third-order valence-corrected chi connectivity index (χ3v) is 3.62. The van der Waals surface area contributed by atoms with Gasteiger partial charge >= 0.3 is 11.7 Å². The number of aromatic nitrogens is 2. The number of benzene rings is 1. The van der Waals surface area contributed by atoms with Crippen molar-refractivity contribution in [2.45, 2.75) is 0 Å². The number of esters is 1. The van der Waals surface area contributed by atoms with Crippen molar-refractivity contribution >= 4 is 23.3 Å². The number of nitro groups is 1. The Bertz CT molecular complexity index is 1040. The van der Waals surface area contributed by atoms with E-state index in [9.17, 15) is 29.3 Å². The van der Waals surface area contributed by atoms with Crippen LogP contribution in [-0.2, 0) is 18.8 Å². The van der Waals surface area contributed by atoms with E-state index in [2.05, 4.69) is 0 Å². The number of Topliss-reactive ketones (excluding diaryl/α,β-unsaturated/α-hetero) is 1. The molecule has 136 valence electrons. The summed E-state index contributed by atoms with van der Waals surface area (Å²) < 4.78 is 6.41. The highest BCUT2D eigenvalue weighted by atomic mass is 16.6. The molecule has 0 radical (unpaired) electrons. The quantitative estimate of drug-likeness (QED) is 0.326. The van der Waals surface area contributed by atoms with Gasteiger partial charge in [0.25, 0.3) is 11.2 Å². The van der Waals surface area contributed by atoms with Gasteiger partial charge in [0.2, 0.25) is 5.78 Å². The third-order valence-electron chi connectivity index (χ3n) is 3.62. The number of non-ortho nitro benzene ring substituents is 1. The zero-order valence-corrected chi connectivity index (χ0v) is 13.8. The second-order valence-corrected chi connectivity index (χ2v) is 5.27. The predicted molar refractivity (Wildman–Crippen MR) is 89.0 cm³/mol. The normalized spacial score (nSPS) is 10.4. The molecule has 26 heavy (non-hydrogen) atoms. The lowest BCUT2D eigenvalue weighted by molar-refractivity contribution is -0.384. The molecule has 2 N–H and O–H groups in total. The molecule has 11 heteroatoms. The van der Waals surface area contributed by atoms with Crippen LogP contribution in [0.4, 0.5) is 11.5 Å². The summed E-state index contributed by atoms with van der Waals surface area (Å²) in [6, 6.07) is 4.75. The summed E-state index contributed by atoms with van der Waals surface area (Å²) in [5, 5.41) is 10.7. The van der Waals surface area contributed by atoms with Gasteiger partial charge in [-0.1, -0.05) is 6.07 Å². The lowest BCUT2D eigenvalue weighted by Gasteiger charge is -2.11. The fourth-order valence-electron chi connectivity index (χ4n) is 2.16. The summed E-state index contributed by atoms with van der Waals surface area (Å²) in [5.74, 6) is -2.24. The molecule has 0 atom stereocenters. The summed E-state index contributed by atoms with van der Waals surface area (Å²) in [6.07, 6.45) is 0. The summed E-state index contributed by atoms with van der Waals surface area (Å²) in [7, 11) is 2.46. The number of carbonyl (C=O) groups excluding carboxylic acids is 2.